The van der Waals surface area contributed by atoms with Crippen LogP contribution in [0.25, 0.3) is 0 Å². The summed E-state index contributed by atoms with van der Waals surface area (Å²) in [5, 5.41) is 2.72. The fraction of sp³-hybridized carbons (Fsp3) is 0.312. The average Bonchev–Trinajstić information content (AvgIpc) is 2.50. The number of rotatable bonds is 5. The fourth-order valence-corrected chi connectivity index (χ4v) is 1.90. The second-order valence-electron chi connectivity index (χ2n) is 5.21. The van der Waals surface area contributed by atoms with Gasteiger partial charge in [0.1, 0.15) is 12.3 Å². The predicted molar refractivity (Wildman–Crippen MR) is 84.2 cm³/mol. The molecule has 1 aromatic heterocycles. The van der Waals surface area contributed by atoms with Crippen molar-refractivity contribution >= 4 is 11.6 Å². The van der Waals surface area contributed by atoms with Gasteiger partial charge in [-0.1, -0.05) is 13.8 Å². The maximum atomic E-state index is 12.0. The van der Waals surface area contributed by atoms with Gasteiger partial charge in [0, 0.05) is 11.8 Å². The lowest BCUT2D eigenvalue weighted by Crippen LogP contribution is -2.28. The maximum Gasteiger partial charge on any atom is 0.254 e. The molecular weight excluding hydrogens is 282 g/mol. The van der Waals surface area contributed by atoms with Crippen LogP contribution >= 0.6 is 0 Å². The molecule has 2 aromatic rings. The molecule has 0 spiro atoms. The number of hydrogen-bond donors (Lipinski definition) is 1. The Balaban J connectivity index is 2.03. The van der Waals surface area contributed by atoms with E-state index in [1.807, 2.05) is 13.8 Å². The van der Waals surface area contributed by atoms with E-state index in [0.717, 1.165) is 5.69 Å². The highest BCUT2D eigenvalue weighted by Gasteiger charge is 2.08. The Labute approximate surface area is 128 Å². The van der Waals surface area contributed by atoms with Crippen molar-refractivity contribution in [1.29, 1.82) is 0 Å². The summed E-state index contributed by atoms with van der Waals surface area (Å²) >= 11 is 0. The molecule has 0 saturated heterocycles. The third-order valence-electron chi connectivity index (χ3n) is 3.18. The first kappa shape index (κ1) is 15.8. The van der Waals surface area contributed by atoms with Crippen molar-refractivity contribution in [3.8, 4) is 5.75 Å². The first-order chi connectivity index (χ1) is 10.5. The number of carbonyl (C=O) groups excluding carboxylic acids is 1. The third kappa shape index (κ3) is 3.94. The van der Waals surface area contributed by atoms with Crippen LogP contribution in [0.1, 0.15) is 25.5 Å². The molecule has 0 radical (unpaired) electrons. The molecule has 0 aliphatic carbocycles. The summed E-state index contributed by atoms with van der Waals surface area (Å²) in [5.41, 5.74) is 1.13. The Morgan fingerprint density at radius 2 is 2.00 bits per heavy atom. The van der Waals surface area contributed by atoms with E-state index in [2.05, 4.69) is 10.3 Å². The van der Waals surface area contributed by atoms with E-state index in [9.17, 15) is 9.59 Å². The smallest absolute Gasteiger partial charge is 0.254 e. The van der Waals surface area contributed by atoms with E-state index in [0.29, 0.717) is 11.4 Å². The number of nitrogens with one attached hydrogen (secondary N) is 1. The highest BCUT2D eigenvalue weighted by atomic mass is 16.5. The Hall–Kier alpha value is -2.63. The largest absolute Gasteiger partial charge is 0.497 e. The SMILES string of the molecule is COc1ccc(NC(=O)Cn2cnc(C(C)C)cc2=O)cc1. The summed E-state index contributed by atoms with van der Waals surface area (Å²) in [4.78, 5) is 28.1. The van der Waals surface area contributed by atoms with Crippen molar-refractivity contribution in [3.63, 3.8) is 0 Å². The highest BCUT2D eigenvalue weighted by molar-refractivity contribution is 5.90. The van der Waals surface area contributed by atoms with E-state index in [-0.39, 0.29) is 23.9 Å². The minimum atomic E-state index is -0.286. The molecule has 0 unspecified atom stereocenters. The summed E-state index contributed by atoms with van der Waals surface area (Å²) in [6.07, 6.45) is 1.41. The minimum Gasteiger partial charge on any atom is -0.497 e. The Bertz CT molecular complexity index is 705. The Kier molecular flexibility index (Phi) is 4.93. The second kappa shape index (κ2) is 6.89. The number of methoxy groups -OCH3 is 1. The summed E-state index contributed by atoms with van der Waals surface area (Å²) in [7, 11) is 1.58. The number of anilines is 1. The summed E-state index contributed by atoms with van der Waals surface area (Å²) in [6.45, 7) is 3.85. The van der Waals surface area contributed by atoms with E-state index in [1.165, 1.54) is 17.0 Å². The van der Waals surface area contributed by atoms with Gasteiger partial charge in [-0.05, 0) is 30.2 Å². The van der Waals surface area contributed by atoms with Crippen LogP contribution < -0.4 is 15.6 Å². The van der Waals surface area contributed by atoms with Gasteiger partial charge >= 0.3 is 0 Å². The van der Waals surface area contributed by atoms with Gasteiger partial charge in [0.05, 0.1) is 19.1 Å². The monoisotopic (exact) mass is 301 g/mol. The first-order valence-corrected chi connectivity index (χ1v) is 7.00. The molecule has 6 heteroatoms. The van der Waals surface area contributed by atoms with Gasteiger partial charge in [-0.15, -0.1) is 0 Å². The fourth-order valence-electron chi connectivity index (χ4n) is 1.90. The van der Waals surface area contributed by atoms with Gasteiger partial charge in [0.2, 0.25) is 5.91 Å². The van der Waals surface area contributed by atoms with Gasteiger partial charge in [-0.25, -0.2) is 4.98 Å². The number of ether oxygens (including phenoxy) is 1. The van der Waals surface area contributed by atoms with Crippen LogP contribution in [0.5, 0.6) is 5.75 Å². The normalized spacial score (nSPS) is 10.5. The second-order valence-corrected chi connectivity index (χ2v) is 5.21. The zero-order valence-corrected chi connectivity index (χ0v) is 12.9. The summed E-state index contributed by atoms with van der Waals surface area (Å²) in [6, 6.07) is 8.44. The number of carbonyl (C=O) groups is 1. The highest BCUT2D eigenvalue weighted by Crippen LogP contribution is 2.14. The molecule has 0 fully saturated rings. The zero-order valence-electron chi connectivity index (χ0n) is 12.9. The van der Waals surface area contributed by atoms with Gasteiger partial charge in [-0.3, -0.25) is 14.2 Å². The predicted octanol–water partition coefficient (Wildman–Crippen LogP) is 2.01. The summed E-state index contributed by atoms with van der Waals surface area (Å²) < 4.78 is 6.33. The molecule has 0 saturated carbocycles. The molecule has 0 aliphatic heterocycles. The topological polar surface area (TPSA) is 73.2 Å². The van der Waals surface area contributed by atoms with Crippen LogP contribution in [0.3, 0.4) is 0 Å². The molecular formula is C16H19N3O3. The Morgan fingerprint density at radius 1 is 1.32 bits per heavy atom. The van der Waals surface area contributed by atoms with Crippen molar-refractivity contribution in [3.05, 3.63) is 52.7 Å². The average molecular weight is 301 g/mol. The van der Waals surface area contributed by atoms with E-state index in [4.69, 9.17) is 4.74 Å². The number of hydrogen-bond acceptors (Lipinski definition) is 4. The molecule has 22 heavy (non-hydrogen) atoms. The van der Waals surface area contributed by atoms with Crippen LogP contribution in [-0.2, 0) is 11.3 Å². The van der Waals surface area contributed by atoms with Gasteiger partial charge in [-0.2, -0.15) is 0 Å². The Morgan fingerprint density at radius 3 is 2.55 bits per heavy atom. The van der Waals surface area contributed by atoms with Crippen LogP contribution in [0.15, 0.2) is 41.5 Å². The summed E-state index contributed by atoms with van der Waals surface area (Å²) in [5.74, 6) is 0.601. The van der Waals surface area contributed by atoms with Crippen molar-refractivity contribution in [1.82, 2.24) is 9.55 Å². The molecule has 0 aliphatic rings. The van der Waals surface area contributed by atoms with Crippen LogP contribution in [-0.4, -0.2) is 22.6 Å². The standard InChI is InChI=1S/C16H19N3O3/c1-11(2)14-8-16(21)19(10-17-14)9-15(20)18-12-4-6-13(22-3)7-5-12/h4-8,10-11H,9H2,1-3H3,(H,18,20). The van der Waals surface area contributed by atoms with Crippen molar-refractivity contribution in [2.24, 2.45) is 0 Å². The molecule has 1 heterocycles. The van der Waals surface area contributed by atoms with E-state index in [1.54, 1.807) is 31.4 Å². The third-order valence-corrected chi connectivity index (χ3v) is 3.18. The lowest BCUT2D eigenvalue weighted by molar-refractivity contribution is -0.116. The van der Waals surface area contributed by atoms with Gasteiger partial charge in [0.15, 0.2) is 0 Å². The molecule has 0 bridgehead atoms. The van der Waals surface area contributed by atoms with Gasteiger partial charge < -0.3 is 10.1 Å². The van der Waals surface area contributed by atoms with Crippen molar-refractivity contribution in [2.75, 3.05) is 12.4 Å². The number of amides is 1. The number of aromatic nitrogens is 2. The molecule has 1 amide bonds. The van der Waals surface area contributed by atoms with Crippen molar-refractivity contribution < 1.29 is 9.53 Å². The van der Waals surface area contributed by atoms with Crippen LogP contribution in [0, 0.1) is 0 Å². The van der Waals surface area contributed by atoms with Crippen LogP contribution in [0.4, 0.5) is 5.69 Å². The molecule has 0 atom stereocenters. The van der Waals surface area contributed by atoms with E-state index >= 15 is 0 Å². The number of benzene rings is 1. The molecule has 116 valence electrons. The van der Waals surface area contributed by atoms with Crippen LogP contribution in [0.2, 0.25) is 0 Å². The quantitative estimate of drug-likeness (QED) is 0.917. The maximum absolute atomic E-state index is 12.0. The lowest BCUT2D eigenvalue weighted by Gasteiger charge is -2.09. The lowest BCUT2D eigenvalue weighted by atomic mass is 10.1. The molecule has 1 aromatic carbocycles. The zero-order chi connectivity index (χ0) is 16.1. The molecule has 2 rings (SSSR count). The number of nitrogens with zero attached hydrogens (tertiary/aromatic N) is 2. The molecule has 6 nitrogen and oxygen atoms in total. The molecule has 1 N–H and O–H groups in total. The van der Waals surface area contributed by atoms with Gasteiger partial charge in [0.25, 0.3) is 5.56 Å². The first-order valence-electron chi connectivity index (χ1n) is 7.00. The minimum absolute atomic E-state index is 0.0732. The van der Waals surface area contributed by atoms with Crippen molar-refractivity contribution in [2.45, 2.75) is 26.3 Å². The van der Waals surface area contributed by atoms with E-state index < -0.39 is 0 Å².